The normalized spacial score (nSPS) is 17.1. The molecule has 0 bridgehead atoms. The molecule has 0 aromatic carbocycles. The first-order valence-corrected chi connectivity index (χ1v) is 8.01. The van der Waals surface area contributed by atoms with Gasteiger partial charge in [0.1, 0.15) is 11.9 Å². The highest BCUT2D eigenvalue weighted by molar-refractivity contribution is 5.85. The van der Waals surface area contributed by atoms with Gasteiger partial charge in [-0.25, -0.2) is 9.78 Å². The molecule has 1 aliphatic heterocycles. The Morgan fingerprint density at radius 1 is 1.35 bits per heavy atom. The van der Waals surface area contributed by atoms with Crippen LogP contribution in [-0.4, -0.2) is 46.1 Å². The molecule has 7 heteroatoms. The van der Waals surface area contributed by atoms with Gasteiger partial charge in [0.05, 0.1) is 6.20 Å². The van der Waals surface area contributed by atoms with Crippen LogP contribution in [0.1, 0.15) is 33.1 Å². The van der Waals surface area contributed by atoms with Crippen LogP contribution >= 0.6 is 0 Å². The van der Waals surface area contributed by atoms with E-state index in [4.69, 9.17) is 0 Å². The molecule has 0 saturated carbocycles. The SMILES string of the molecule is CC(C)CC(NC(=O)C1CCN(c2cnccn2)CC1)C(=O)O. The van der Waals surface area contributed by atoms with Crippen LogP contribution in [0, 0.1) is 11.8 Å². The van der Waals surface area contributed by atoms with Crippen LogP contribution < -0.4 is 10.2 Å². The van der Waals surface area contributed by atoms with E-state index in [1.165, 1.54) is 0 Å². The van der Waals surface area contributed by atoms with Gasteiger partial charge in [0.25, 0.3) is 0 Å². The monoisotopic (exact) mass is 320 g/mol. The average Bonchev–Trinajstić information content (AvgIpc) is 2.54. The summed E-state index contributed by atoms with van der Waals surface area (Å²) in [5, 5.41) is 11.9. The molecular formula is C16H24N4O3. The van der Waals surface area contributed by atoms with Crippen molar-refractivity contribution < 1.29 is 14.7 Å². The Bertz CT molecular complexity index is 527. The van der Waals surface area contributed by atoms with Crippen LogP contribution in [0.25, 0.3) is 0 Å². The zero-order valence-corrected chi connectivity index (χ0v) is 13.6. The number of aromatic nitrogens is 2. The van der Waals surface area contributed by atoms with Gasteiger partial charge in [-0.2, -0.15) is 0 Å². The van der Waals surface area contributed by atoms with E-state index in [1.54, 1.807) is 18.6 Å². The molecule has 2 heterocycles. The number of carbonyl (C=O) groups excluding carboxylic acids is 1. The van der Waals surface area contributed by atoms with E-state index in [1.807, 2.05) is 13.8 Å². The molecule has 0 aliphatic carbocycles. The van der Waals surface area contributed by atoms with E-state index in [2.05, 4.69) is 20.2 Å². The molecule has 2 rings (SSSR count). The lowest BCUT2D eigenvalue weighted by Gasteiger charge is -2.32. The van der Waals surface area contributed by atoms with Gasteiger partial charge in [-0.3, -0.25) is 9.78 Å². The lowest BCUT2D eigenvalue weighted by molar-refractivity contribution is -0.143. The number of anilines is 1. The molecule has 0 spiro atoms. The summed E-state index contributed by atoms with van der Waals surface area (Å²) in [4.78, 5) is 34.0. The summed E-state index contributed by atoms with van der Waals surface area (Å²) in [7, 11) is 0. The van der Waals surface area contributed by atoms with Crippen molar-refractivity contribution in [3.8, 4) is 0 Å². The molecular weight excluding hydrogens is 296 g/mol. The van der Waals surface area contributed by atoms with Crippen LogP contribution in [0.4, 0.5) is 5.82 Å². The largest absolute Gasteiger partial charge is 0.480 e. The molecule has 1 aromatic rings. The van der Waals surface area contributed by atoms with E-state index in [-0.39, 0.29) is 17.7 Å². The predicted octanol–water partition coefficient (Wildman–Crippen LogP) is 1.31. The summed E-state index contributed by atoms with van der Waals surface area (Å²) in [5.74, 6) is -0.234. The number of rotatable bonds is 6. The maximum absolute atomic E-state index is 12.3. The smallest absolute Gasteiger partial charge is 0.326 e. The Morgan fingerprint density at radius 2 is 2.04 bits per heavy atom. The summed E-state index contributed by atoms with van der Waals surface area (Å²) in [6, 6.07) is -0.805. The Hall–Kier alpha value is -2.18. The Labute approximate surface area is 136 Å². The standard InChI is InChI=1S/C16H24N4O3/c1-11(2)9-13(16(22)23)19-15(21)12-3-7-20(8-4-12)14-10-17-5-6-18-14/h5-6,10-13H,3-4,7-9H2,1-2H3,(H,19,21)(H,22,23). The van der Waals surface area contributed by atoms with Gasteiger partial charge in [-0.1, -0.05) is 13.8 Å². The van der Waals surface area contributed by atoms with Gasteiger partial charge in [-0.15, -0.1) is 0 Å². The third kappa shape index (κ3) is 4.91. The first-order valence-electron chi connectivity index (χ1n) is 8.01. The van der Waals surface area contributed by atoms with Gasteiger partial charge < -0.3 is 15.3 Å². The number of hydrogen-bond acceptors (Lipinski definition) is 5. The number of carboxylic acid groups (broad SMARTS) is 1. The van der Waals surface area contributed by atoms with Crippen LogP contribution in [0.15, 0.2) is 18.6 Å². The second kappa shape index (κ2) is 7.89. The molecule has 1 atom stereocenters. The summed E-state index contributed by atoms with van der Waals surface area (Å²) < 4.78 is 0. The fourth-order valence-electron chi connectivity index (χ4n) is 2.81. The number of carboxylic acids is 1. The van der Waals surface area contributed by atoms with Crippen LogP contribution in [-0.2, 0) is 9.59 Å². The van der Waals surface area contributed by atoms with Crippen molar-refractivity contribution in [1.82, 2.24) is 15.3 Å². The minimum absolute atomic E-state index is 0.142. The van der Waals surface area contributed by atoms with E-state index < -0.39 is 12.0 Å². The third-order valence-electron chi connectivity index (χ3n) is 4.06. The van der Waals surface area contributed by atoms with E-state index in [0.29, 0.717) is 19.3 Å². The molecule has 126 valence electrons. The van der Waals surface area contributed by atoms with Crippen LogP contribution in [0.5, 0.6) is 0 Å². The Kier molecular flexibility index (Phi) is 5.90. The van der Waals surface area contributed by atoms with Gasteiger partial charge in [0, 0.05) is 31.4 Å². The van der Waals surface area contributed by atoms with E-state index >= 15 is 0 Å². The number of hydrogen-bond donors (Lipinski definition) is 2. The number of nitrogens with one attached hydrogen (secondary N) is 1. The summed E-state index contributed by atoms with van der Waals surface area (Å²) >= 11 is 0. The maximum atomic E-state index is 12.3. The zero-order valence-electron chi connectivity index (χ0n) is 13.6. The third-order valence-corrected chi connectivity index (χ3v) is 4.06. The van der Waals surface area contributed by atoms with E-state index in [0.717, 1.165) is 18.9 Å². The van der Waals surface area contributed by atoms with Crippen molar-refractivity contribution >= 4 is 17.7 Å². The highest BCUT2D eigenvalue weighted by Crippen LogP contribution is 2.21. The van der Waals surface area contributed by atoms with Gasteiger partial charge in [-0.05, 0) is 25.2 Å². The fraction of sp³-hybridized carbons (Fsp3) is 0.625. The van der Waals surface area contributed by atoms with Crippen molar-refractivity contribution in [1.29, 1.82) is 0 Å². The second-order valence-corrected chi connectivity index (χ2v) is 6.35. The topological polar surface area (TPSA) is 95.4 Å². The molecule has 1 aliphatic rings. The summed E-state index contributed by atoms with van der Waals surface area (Å²) in [6.07, 6.45) is 6.82. The molecule has 1 aromatic heterocycles. The number of nitrogens with zero attached hydrogens (tertiary/aromatic N) is 3. The molecule has 1 fully saturated rings. The lowest BCUT2D eigenvalue weighted by atomic mass is 9.95. The van der Waals surface area contributed by atoms with E-state index in [9.17, 15) is 14.7 Å². The minimum Gasteiger partial charge on any atom is -0.480 e. The molecule has 2 N–H and O–H groups in total. The molecule has 1 unspecified atom stereocenters. The molecule has 1 saturated heterocycles. The predicted molar refractivity (Wildman–Crippen MR) is 86.0 cm³/mol. The first kappa shape index (κ1) is 17.2. The summed E-state index contributed by atoms with van der Waals surface area (Å²) in [6.45, 7) is 5.33. The van der Waals surface area contributed by atoms with Crippen molar-refractivity contribution in [3.05, 3.63) is 18.6 Å². The molecule has 1 amide bonds. The molecule has 7 nitrogen and oxygen atoms in total. The lowest BCUT2D eigenvalue weighted by Crippen LogP contribution is -2.47. The van der Waals surface area contributed by atoms with Crippen LogP contribution in [0.2, 0.25) is 0 Å². The molecule has 0 radical (unpaired) electrons. The number of carbonyl (C=O) groups is 2. The number of amides is 1. The number of aliphatic carboxylic acids is 1. The average molecular weight is 320 g/mol. The minimum atomic E-state index is -0.968. The quantitative estimate of drug-likeness (QED) is 0.820. The second-order valence-electron chi connectivity index (χ2n) is 6.35. The van der Waals surface area contributed by atoms with Gasteiger partial charge in [0.2, 0.25) is 5.91 Å². The first-order chi connectivity index (χ1) is 11.0. The van der Waals surface area contributed by atoms with Crippen molar-refractivity contribution in [2.75, 3.05) is 18.0 Å². The summed E-state index contributed by atoms with van der Waals surface area (Å²) in [5.41, 5.74) is 0. The maximum Gasteiger partial charge on any atom is 0.326 e. The van der Waals surface area contributed by atoms with Crippen molar-refractivity contribution in [2.45, 2.75) is 39.2 Å². The van der Waals surface area contributed by atoms with Crippen molar-refractivity contribution in [3.63, 3.8) is 0 Å². The highest BCUT2D eigenvalue weighted by atomic mass is 16.4. The Morgan fingerprint density at radius 3 is 2.57 bits per heavy atom. The van der Waals surface area contributed by atoms with Gasteiger partial charge in [0.15, 0.2) is 0 Å². The van der Waals surface area contributed by atoms with Crippen molar-refractivity contribution in [2.24, 2.45) is 11.8 Å². The molecule has 23 heavy (non-hydrogen) atoms. The van der Waals surface area contributed by atoms with Crippen LogP contribution in [0.3, 0.4) is 0 Å². The highest BCUT2D eigenvalue weighted by Gasteiger charge is 2.29. The van der Waals surface area contributed by atoms with Gasteiger partial charge >= 0.3 is 5.97 Å². The Balaban J connectivity index is 1.86. The zero-order chi connectivity index (χ0) is 16.8. The fourth-order valence-corrected chi connectivity index (χ4v) is 2.81. The number of piperidine rings is 1.